The third-order valence-corrected chi connectivity index (χ3v) is 6.19. The molecule has 0 aromatic carbocycles. The van der Waals surface area contributed by atoms with Crippen molar-refractivity contribution >= 4 is 33.4 Å². The number of hydrogen-bond acceptors (Lipinski definition) is 6. The van der Waals surface area contributed by atoms with Crippen LogP contribution in [0.4, 0.5) is 10.6 Å². The first-order chi connectivity index (χ1) is 15.6. The van der Waals surface area contributed by atoms with Crippen molar-refractivity contribution in [1.29, 1.82) is 5.26 Å². The molecule has 0 aliphatic carbocycles. The zero-order chi connectivity index (χ0) is 23.8. The maximum Gasteiger partial charge on any atom is 0.408 e. The van der Waals surface area contributed by atoms with Gasteiger partial charge >= 0.3 is 6.09 Å². The minimum absolute atomic E-state index is 0.309. The van der Waals surface area contributed by atoms with Gasteiger partial charge in [0, 0.05) is 46.6 Å². The van der Waals surface area contributed by atoms with Crippen molar-refractivity contribution in [3.05, 3.63) is 46.8 Å². The number of rotatable bonds is 3. The highest BCUT2D eigenvalue weighted by molar-refractivity contribution is 9.10. The molecule has 1 fully saturated rings. The average molecular weight is 511 g/mol. The van der Waals surface area contributed by atoms with Gasteiger partial charge in [0.15, 0.2) is 0 Å². The summed E-state index contributed by atoms with van der Waals surface area (Å²) >= 11 is 3.52. The highest BCUT2D eigenvalue weighted by atomic mass is 79.9. The van der Waals surface area contributed by atoms with Crippen LogP contribution in [0.3, 0.4) is 0 Å². The molecule has 8 nitrogen and oxygen atoms in total. The number of halogens is 1. The number of alkyl carbamates (subject to hydrolysis) is 1. The standard InChI is InChI=1S/C24H27BrN6O2/c1-23(2,3)33-22(32)29-24(4)7-9-30(10-8-24)20-6-5-16(13-27-20)19-11-18(25)15-31-21(19)17(12-26)14-28-31/h5-6,11,13-15H,7-10H2,1-4H3,(H,29,32). The van der Waals surface area contributed by atoms with Gasteiger partial charge in [-0.2, -0.15) is 10.4 Å². The summed E-state index contributed by atoms with van der Waals surface area (Å²) in [5, 5.41) is 16.8. The SMILES string of the molecule is CC1(NC(=O)OC(C)(C)C)CCN(c2ccc(-c3cc(Br)cn4ncc(C#N)c34)cn2)CC1. The van der Waals surface area contributed by atoms with Gasteiger partial charge in [-0.15, -0.1) is 0 Å². The van der Waals surface area contributed by atoms with E-state index in [2.05, 4.69) is 44.2 Å². The lowest BCUT2D eigenvalue weighted by Crippen LogP contribution is -2.54. The molecule has 3 aromatic heterocycles. The second-order valence-electron chi connectivity index (χ2n) is 9.61. The minimum Gasteiger partial charge on any atom is -0.444 e. The fourth-order valence-electron chi connectivity index (χ4n) is 4.03. The van der Waals surface area contributed by atoms with Crippen LogP contribution in [-0.4, -0.2) is 44.9 Å². The van der Waals surface area contributed by atoms with E-state index in [4.69, 9.17) is 9.72 Å². The quantitative estimate of drug-likeness (QED) is 0.537. The summed E-state index contributed by atoms with van der Waals surface area (Å²) in [6.07, 6.45) is 6.45. The lowest BCUT2D eigenvalue weighted by Gasteiger charge is -2.40. The first kappa shape index (κ1) is 23.1. The summed E-state index contributed by atoms with van der Waals surface area (Å²) in [6.45, 7) is 9.20. The Morgan fingerprint density at radius 1 is 1.27 bits per heavy atom. The van der Waals surface area contributed by atoms with Crippen LogP contribution < -0.4 is 10.2 Å². The molecule has 0 radical (unpaired) electrons. The van der Waals surface area contributed by atoms with Crippen LogP contribution in [0.25, 0.3) is 16.6 Å². The molecular formula is C24H27BrN6O2. The van der Waals surface area contributed by atoms with Gasteiger partial charge in [-0.1, -0.05) is 0 Å². The Labute approximate surface area is 201 Å². The zero-order valence-corrected chi connectivity index (χ0v) is 20.8. The van der Waals surface area contributed by atoms with Gasteiger partial charge in [0.25, 0.3) is 0 Å². The second kappa shape index (κ2) is 8.67. The van der Waals surface area contributed by atoms with E-state index in [-0.39, 0.29) is 11.6 Å². The molecule has 172 valence electrons. The summed E-state index contributed by atoms with van der Waals surface area (Å²) in [7, 11) is 0. The average Bonchev–Trinajstić information content (AvgIpc) is 3.15. The Bertz CT molecular complexity index is 1210. The van der Waals surface area contributed by atoms with Crippen molar-refractivity contribution in [3.63, 3.8) is 0 Å². The molecule has 0 spiro atoms. The molecule has 1 amide bonds. The van der Waals surface area contributed by atoms with Gasteiger partial charge in [-0.05, 0) is 74.7 Å². The molecule has 4 rings (SSSR count). The number of pyridine rings is 2. The molecule has 1 aliphatic rings. The normalized spacial score (nSPS) is 15.8. The Morgan fingerprint density at radius 2 is 2.00 bits per heavy atom. The van der Waals surface area contributed by atoms with Gasteiger partial charge in [0.05, 0.1) is 17.3 Å². The van der Waals surface area contributed by atoms with Crippen molar-refractivity contribution in [2.75, 3.05) is 18.0 Å². The smallest absolute Gasteiger partial charge is 0.408 e. The topological polar surface area (TPSA) is 95.5 Å². The van der Waals surface area contributed by atoms with Crippen LogP contribution in [0.5, 0.6) is 0 Å². The van der Waals surface area contributed by atoms with Gasteiger partial charge < -0.3 is 15.0 Å². The van der Waals surface area contributed by atoms with Crippen LogP contribution in [-0.2, 0) is 4.74 Å². The van der Waals surface area contributed by atoms with Crippen molar-refractivity contribution in [1.82, 2.24) is 19.9 Å². The number of fused-ring (bicyclic) bond motifs is 1. The van der Waals surface area contributed by atoms with E-state index in [0.29, 0.717) is 5.56 Å². The van der Waals surface area contributed by atoms with Crippen molar-refractivity contribution in [2.45, 2.75) is 51.7 Å². The third-order valence-electron chi connectivity index (χ3n) is 5.75. The van der Waals surface area contributed by atoms with Crippen LogP contribution in [0.2, 0.25) is 0 Å². The molecule has 1 aliphatic heterocycles. The molecular weight excluding hydrogens is 484 g/mol. The summed E-state index contributed by atoms with van der Waals surface area (Å²) < 4.78 is 7.99. The second-order valence-corrected chi connectivity index (χ2v) is 10.5. The third kappa shape index (κ3) is 5.11. The molecule has 9 heteroatoms. The summed E-state index contributed by atoms with van der Waals surface area (Å²) in [5.41, 5.74) is 2.26. The van der Waals surface area contributed by atoms with Crippen molar-refractivity contribution in [2.24, 2.45) is 0 Å². The Morgan fingerprint density at radius 3 is 2.61 bits per heavy atom. The van der Waals surface area contributed by atoms with E-state index in [1.165, 1.54) is 0 Å². The summed E-state index contributed by atoms with van der Waals surface area (Å²) in [6, 6.07) is 8.20. The maximum absolute atomic E-state index is 12.2. The fourth-order valence-corrected chi connectivity index (χ4v) is 4.45. The van der Waals surface area contributed by atoms with Gasteiger partial charge in [-0.3, -0.25) is 0 Å². The van der Waals surface area contributed by atoms with E-state index in [1.807, 2.05) is 51.4 Å². The van der Waals surface area contributed by atoms with Gasteiger partial charge in [0.1, 0.15) is 17.5 Å². The van der Waals surface area contributed by atoms with Gasteiger partial charge in [0.2, 0.25) is 0 Å². The zero-order valence-electron chi connectivity index (χ0n) is 19.2. The molecule has 0 saturated carbocycles. The molecule has 0 unspecified atom stereocenters. The highest BCUT2D eigenvalue weighted by Crippen LogP contribution is 2.31. The lowest BCUT2D eigenvalue weighted by atomic mass is 9.90. The number of nitriles is 1. The van der Waals surface area contributed by atoms with E-state index < -0.39 is 5.60 Å². The molecule has 1 N–H and O–H groups in total. The van der Waals surface area contributed by atoms with Crippen LogP contribution in [0.15, 0.2) is 41.3 Å². The molecule has 0 atom stereocenters. The Kier molecular flexibility index (Phi) is 6.06. The van der Waals surface area contributed by atoms with Gasteiger partial charge in [-0.25, -0.2) is 14.3 Å². The van der Waals surface area contributed by atoms with E-state index in [0.717, 1.165) is 52.9 Å². The van der Waals surface area contributed by atoms with E-state index in [1.54, 1.807) is 10.7 Å². The molecule has 0 bridgehead atoms. The minimum atomic E-state index is -0.516. The van der Waals surface area contributed by atoms with Crippen molar-refractivity contribution < 1.29 is 9.53 Å². The predicted molar refractivity (Wildman–Crippen MR) is 130 cm³/mol. The Balaban J connectivity index is 1.47. The van der Waals surface area contributed by atoms with Crippen LogP contribution >= 0.6 is 15.9 Å². The number of ether oxygens (including phenoxy) is 1. The fraction of sp³-hybridized carbons (Fsp3) is 0.417. The van der Waals surface area contributed by atoms with Crippen molar-refractivity contribution in [3.8, 4) is 17.2 Å². The summed E-state index contributed by atoms with van der Waals surface area (Å²) in [4.78, 5) is 19.1. The number of carbonyl (C=O) groups is 1. The number of carbonyl (C=O) groups excluding carboxylic acids is 1. The number of nitrogens with one attached hydrogen (secondary N) is 1. The molecule has 4 heterocycles. The first-order valence-electron chi connectivity index (χ1n) is 10.9. The number of hydrogen-bond donors (Lipinski definition) is 1. The number of nitrogens with zero attached hydrogens (tertiary/aromatic N) is 5. The first-order valence-corrected chi connectivity index (χ1v) is 11.7. The maximum atomic E-state index is 12.2. The number of amides is 1. The predicted octanol–water partition coefficient (Wildman–Crippen LogP) is 4.91. The van der Waals surface area contributed by atoms with Crippen LogP contribution in [0.1, 0.15) is 46.1 Å². The number of piperidine rings is 1. The number of aromatic nitrogens is 3. The highest BCUT2D eigenvalue weighted by Gasteiger charge is 2.33. The monoisotopic (exact) mass is 510 g/mol. The van der Waals surface area contributed by atoms with Crippen LogP contribution in [0, 0.1) is 11.3 Å². The Hall–Kier alpha value is -3.12. The number of anilines is 1. The molecule has 1 saturated heterocycles. The molecule has 33 heavy (non-hydrogen) atoms. The molecule has 3 aromatic rings. The van der Waals surface area contributed by atoms with E-state index >= 15 is 0 Å². The summed E-state index contributed by atoms with van der Waals surface area (Å²) in [5.74, 6) is 0.887. The largest absolute Gasteiger partial charge is 0.444 e. The van der Waals surface area contributed by atoms with E-state index in [9.17, 15) is 10.1 Å². The lowest BCUT2D eigenvalue weighted by molar-refractivity contribution is 0.0448.